The number of anilines is 1. The molecule has 0 unspecified atom stereocenters. The average Bonchev–Trinajstić information content (AvgIpc) is 2.56. The van der Waals surface area contributed by atoms with E-state index in [2.05, 4.69) is 4.98 Å². The summed E-state index contributed by atoms with van der Waals surface area (Å²) in [6, 6.07) is 1.22. The number of aryl methyl sites for hydroxylation is 1. The molecule has 2 aromatic rings. The fourth-order valence-electron chi connectivity index (χ4n) is 1.61. The Morgan fingerprint density at radius 3 is 2.76 bits per heavy atom. The van der Waals surface area contributed by atoms with Crippen molar-refractivity contribution in [3.8, 4) is 0 Å². The Kier molecular flexibility index (Phi) is 2.70. The number of hydrogen-bond acceptors (Lipinski definition) is 4. The predicted octanol–water partition coefficient (Wildman–Crippen LogP) is 2.82. The van der Waals surface area contributed by atoms with Gasteiger partial charge in [0.2, 0.25) is 0 Å². The van der Waals surface area contributed by atoms with Gasteiger partial charge in [0.25, 0.3) is 6.43 Å². The second-order valence-corrected chi connectivity index (χ2v) is 4.49. The lowest BCUT2D eigenvalue weighted by atomic mass is 10.1. The molecular formula is C10H8F2N2O2S. The molecule has 0 aromatic carbocycles. The molecule has 4 nitrogen and oxygen atoms in total. The number of alkyl halides is 2. The van der Waals surface area contributed by atoms with Crippen LogP contribution in [0.1, 0.15) is 27.4 Å². The summed E-state index contributed by atoms with van der Waals surface area (Å²) in [7, 11) is 0. The average molecular weight is 258 g/mol. The van der Waals surface area contributed by atoms with Gasteiger partial charge in [-0.15, -0.1) is 11.3 Å². The molecule has 90 valence electrons. The van der Waals surface area contributed by atoms with Crippen molar-refractivity contribution in [2.45, 2.75) is 13.3 Å². The maximum absolute atomic E-state index is 12.5. The molecule has 3 N–H and O–H groups in total. The van der Waals surface area contributed by atoms with Crippen LogP contribution in [-0.2, 0) is 0 Å². The number of nitrogen functional groups attached to an aromatic ring is 1. The molecule has 2 rings (SSSR count). The quantitative estimate of drug-likeness (QED) is 0.868. The van der Waals surface area contributed by atoms with Crippen LogP contribution in [-0.4, -0.2) is 16.1 Å². The third-order valence-corrected chi connectivity index (χ3v) is 3.42. The van der Waals surface area contributed by atoms with E-state index >= 15 is 0 Å². The summed E-state index contributed by atoms with van der Waals surface area (Å²) in [6.07, 6.45) is -2.69. The zero-order valence-electron chi connectivity index (χ0n) is 8.70. The molecule has 2 aromatic heterocycles. The summed E-state index contributed by atoms with van der Waals surface area (Å²) in [5.74, 6) is -1.18. The monoisotopic (exact) mass is 258 g/mol. The number of nitrogens with zero attached hydrogens (tertiary/aromatic N) is 1. The molecule has 0 aliphatic heterocycles. The number of pyridine rings is 1. The van der Waals surface area contributed by atoms with Crippen LogP contribution < -0.4 is 5.73 Å². The van der Waals surface area contributed by atoms with E-state index < -0.39 is 12.4 Å². The van der Waals surface area contributed by atoms with Crippen molar-refractivity contribution >= 4 is 33.2 Å². The Labute approximate surface area is 98.7 Å². The van der Waals surface area contributed by atoms with E-state index in [9.17, 15) is 13.6 Å². The minimum absolute atomic E-state index is 0.0676. The molecule has 7 heteroatoms. The minimum atomic E-state index is -2.69. The highest BCUT2D eigenvalue weighted by Crippen LogP contribution is 2.36. The number of carbonyl (C=O) groups is 1. The number of nitrogens with two attached hydrogens (primary N) is 1. The summed E-state index contributed by atoms with van der Waals surface area (Å²) in [6.45, 7) is 1.60. The largest absolute Gasteiger partial charge is 0.477 e. The van der Waals surface area contributed by atoms with Crippen LogP contribution >= 0.6 is 11.3 Å². The van der Waals surface area contributed by atoms with Crippen molar-refractivity contribution in [1.82, 2.24) is 4.98 Å². The molecule has 0 amide bonds. The van der Waals surface area contributed by atoms with Crippen LogP contribution in [0.3, 0.4) is 0 Å². The molecule has 17 heavy (non-hydrogen) atoms. The first kappa shape index (κ1) is 11.7. The minimum Gasteiger partial charge on any atom is -0.477 e. The van der Waals surface area contributed by atoms with Crippen LogP contribution in [0.4, 0.5) is 14.5 Å². The van der Waals surface area contributed by atoms with Crippen LogP contribution in [0.2, 0.25) is 0 Å². The number of thiophene rings is 1. The van der Waals surface area contributed by atoms with Gasteiger partial charge in [-0.05, 0) is 18.6 Å². The lowest BCUT2D eigenvalue weighted by molar-refractivity contribution is 0.0703. The molecule has 0 radical (unpaired) electrons. The lowest BCUT2D eigenvalue weighted by Crippen LogP contribution is -1.98. The Morgan fingerprint density at radius 1 is 1.59 bits per heavy atom. The van der Waals surface area contributed by atoms with Gasteiger partial charge in [0, 0.05) is 5.39 Å². The molecule has 0 atom stereocenters. The van der Waals surface area contributed by atoms with Crippen molar-refractivity contribution in [2.75, 3.05) is 5.73 Å². The summed E-state index contributed by atoms with van der Waals surface area (Å²) < 4.78 is 25.1. The van der Waals surface area contributed by atoms with Gasteiger partial charge in [0.05, 0.1) is 5.69 Å². The standard InChI is InChI=1S/C10H8F2N2O2S/c1-3-2-4(8(11)12)14-9-5(3)6(13)7(17-9)10(15)16/h2,8H,13H2,1H3,(H,15,16). The first-order chi connectivity index (χ1) is 7.91. The molecule has 0 spiro atoms. The summed E-state index contributed by atoms with van der Waals surface area (Å²) in [4.78, 5) is 14.8. The smallest absolute Gasteiger partial charge is 0.348 e. The predicted molar refractivity (Wildman–Crippen MR) is 60.7 cm³/mol. The molecule has 0 aliphatic carbocycles. The van der Waals surface area contributed by atoms with E-state index in [1.807, 2.05) is 0 Å². The van der Waals surface area contributed by atoms with Gasteiger partial charge in [-0.1, -0.05) is 0 Å². The van der Waals surface area contributed by atoms with Gasteiger partial charge in [0.15, 0.2) is 0 Å². The Hall–Kier alpha value is -1.76. The zero-order chi connectivity index (χ0) is 12.7. The fourth-order valence-corrected chi connectivity index (χ4v) is 2.62. The number of aromatic nitrogens is 1. The van der Waals surface area contributed by atoms with Crippen molar-refractivity contribution in [3.63, 3.8) is 0 Å². The number of aromatic carboxylic acids is 1. The summed E-state index contributed by atoms with van der Waals surface area (Å²) in [5, 5.41) is 9.33. The summed E-state index contributed by atoms with van der Waals surface area (Å²) >= 11 is 0.809. The topological polar surface area (TPSA) is 76.2 Å². The van der Waals surface area contributed by atoms with E-state index in [4.69, 9.17) is 10.8 Å². The summed E-state index contributed by atoms with van der Waals surface area (Å²) in [5.41, 5.74) is 5.89. The molecule has 0 saturated heterocycles. The number of halogens is 2. The van der Waals surface area contributed by atoms with E-state index in [0.29, 0.717) is 10.9 Å². The first-order valence-electron chi connectivity index (χ1n) is 4.62. The second kappa shape index (κ2) is 3.92. The number of fused-ring (bicyclic) bond motifs is 1. The van der Waals surface area contributed by atoms with Crippen LogP contribution in [0.5, 0.6) is 0 Å². The Morgan fingerprint density at radius 2 is 2.24 bits per heavy atom. The number of hydrogen-bond donors (Lipinski definition) is 2. The van der Waals surface area contributed by atoms with Crippen molar-refractivity contribution < 1.29 is 18.7 Å². The van der Waals surface area contributed by atoms with E-state index in [1.165, 1.54) is 6.07 Å². The number of rotatable bonds is 2. The second-order valence-electron chi connectivity index (χ2n) is 3.49. The first-order valence-corrected chi connectivity index (χ1v) is 5.44. The van der Waals surface area contributed by atoms with E-state index in [0.717, 1.165) is 11.3 Å². The molecule has 0 fully saturated rings. The van der Waals surface area contributed by atoms with Gasteiger partial charge < -0.3 is 10.8 Å². The third-order valence-electron chi connectivity index (χ3n) is 2.33. The number of carboxylic acid groups (broad SMARTS) is 1. The molecule has 2 heterocycles. The van der Waals surface area contributed by atoms with Crippen molar-refractivity contribution in [3.05, 3.63) is 22.2 Å². The molecule has 0 saturated carbocycles. The van der Waals surface area contributed by atoms with Crippen molar-refractivity contribution in [2.24, 2.45) is 0 Å². The van der Waals surface area contributed by atoms with Gasteiger partial charge in [-0.2, -0.15) is 0 Å². The molecule has 0 aliphatic rings. The maximum atomic E-state index is 12.5. The van der Waals surface area contributed by atoms with Gasteiger partial charge in [0.1, 0.15) is 15.4 Å². The normalized spacial score (nSPS) is 11.3. The van der Waals surface area contributed by atoms with E-state index in [-0.39, 0.29) is 21.1 Å². The third kappa shape index (κ3) is 1.82. The van der Waals surface area contributed by atoms with Gasteiger partial charge in [-0.25, -0.2) is 18.6 Å². The van der Waals surface area contributed by atoms with Gasteiger partial charge >= 0.3 is 5.97 Å². The van der Waals surface area contributed by atoms with E-state index in [1.54, 1.807) is 6.92 Å². The number of carboxylic acids is 1. The lowest BCUT2D eigenvalue weighted by Gasteiger charge is -2.02. The maximum Gasteiger partial charge on any atom is 0.348 e. The van der Waals surface area contributed by atoms with Gasteiger partial charge in [-0.3, -0.25) is 0 Å². The Bertz CT molecular complexity index is 610. The highest BCUT2D eigenvalue weighted by atomic mass is 32.1. The SMILES string of the molecule is Cc1cc(C(F)F)nc2sc(C(=O)O)c(N)c12. The van der Waals surface area contributed by atoms with Crippen LogP contribution in [0.15, 0.2) is 6.07 Å². The molecular weight excluding hydrogens is 250 g/mol. The highest BCUT2D eigenvalue weighted by molar-refractivity contribution is 7.21. The van der Waals surface area contributed by atoms with Crippen LogP contribution in [0, 0.1) is 6.92 Å². The fraction of sp³-hybridized carbons (Fsp3) is 0.200. The molecule has 0 bridgehead atoms. The Balaban J connectivity index is 2.78. The zero-order valence-corrected chi connectivity index (χ0v) is 9.52. The highest BCUT2D eigenvalue weighted by Gasteiger charge is 2.20. The van der Waals surface area contributed by atoms with Crippen LogP contribution in [0.25, 0.3) is 10.2 Å². The van der Waals surface area contributed by atoms with Crippen molar-refractivity contribution in [1.29, 1.82) is 0 Å².